The predicted octanol–water partition coefficient (Wildman–Crippen LogP) is 2.17. The predicted molar refractivity (Wildman–Crippen MR) is 64.6 cm³/mol. The minimum absolute atomic E-state index is 0.148. The van der Waals surface area contributed by atoms with E-state index >= 15 is 0 Å². The van der Waals surface area contributed by atoms with Gasteiger partial charge < -0.3 is 9.64 Å². The average Bonchev–Trinajstić information content (AvgIpc) is 2.25. The fourth-order valence-corrected chi connectivity index (χ4v) is 1.70. The lowest BCUT2D eigenvalue weighted by molar-refractivity contribution is 0.380. The van der Waals surface area contributed by atoms with Crippen molar-refractivity contribution in [3.05, 3.63) is 29.3 Å². The topological polar surface area (TPSA) is 36.3 Å². The van der Waals surface area contributed by atoms with Gasteiger partial charge in [-0.1, -0.05) is 17.7 Å². The summed E-state index contributed by atoms with van der Waals surface area (Å²) in [6.07, 6.45) is 0. The molecule has 0 bridgehead atoms. The number of benzene rings is 1. The van der Waals surface area contributed by atoms with Gasteiger partial charge in [0, 0.05) is 12.1 Å². The molecule has 1 unspecified atom stereocenters. The monoisotopic (exact) mass is 218 g/mol. The molecular weight excluding hydrogens is 200 g/mol. The van der Waals surface area contributed by atoms with Crippen molar-refractivity contribution in [3.63, 3.8) is 0 Å². The molecule has 1 aromatic rings. The normalized spacial score (nSPS) is 12.2. The van der Waals surface area contributed by atoms with E-state index in [1.54, 1.807) is 7.11 Å². The third kappa shape index (κ3) is 2.98. The van der Waals surface area contributed by atoms with Gasteiger partial charge in [-0.3, -0.25) is 0 Å². The van der Waals surface area contributed by atoms with Crippen LogP contribution in [0.2, 0.25) is 0 Å². The van der Waals surface area contributed by atoms with Crippen molar-refractivity contribution >= 4 is 0 Å². The Labute approximate surface area is 97.3 Å². The molecule has 3 nitrogen and oxygen atoms in total. The molecule has 86 valence electrons. The highest BCUT2D eigenvalue weighted by molar-refractivity contribution is 5.42. The standard InChI is InChI=1S/C13H18N2O/c1-10-5-6-13(16-4)12(7-10)11(8-14)9-15(2)3/h5-7,11H,9H2,1-4H3. The maximum Gasteiger partial charge on any atom is 0.123 e. The lowest BCUT2D eigenvalue weighted by Crippen LogP contribution is -2.19. The molecule has 0 N–H and O–H groups in total. The van der Waals surface area contributed by atoms with Crippen LogP contribution in [0.4, 0.5) is 0 Å². The van der Waals surface area contributed by atoms with E-state index in [0.29, 0.717) is 6.54 Å². The van der Waals surface area contributed by atoms with Gasteiger partial charge in [-0.2, -0.15) is 5.26 Å². The quantitative estimate of drug-likeness (QED) is 0.777. The van der Waals surface area contributed by atoms with Crippen LogP contribution in [0.1, 0.15) is 17.0 Å². The number of nitrogens with zero attached hydrogens (tertiary/aromatic N) is 2. The third-order valence-electron chi connectivity index (χ3n) is 2.46. The molecule has 1 rings (SSSR count). The fraction of sp³-hybridized carbons (Fsp3) is 0.462. The number of methoxy groups -OCH3 is 1. The highest BCUT2D eigenvalue weighted by Gasteiger charge is 2.16. The van der Waals surface area contributed by atoms with Gasteiger partial charge in [0.1, 0.15) is 5.75 Å². The number of ether oxygens (including phenoxy) is 1. The molecule has 0 aliphatic carbocycles. The Balaban J connectivity index is 3.08. The summed E-state index contributed by atoms with van der Waals surface area (Å²) in [5.74, 6) is 0.642. The summed E-state index contributed by atoms with van der Waals surface area (Å²) in [4.78, 5) is 2.01. The molecule has 0 saturated carbocycles. The van der Waals surface area contributed by atoms with Gasteiger partial charge in [0.15, 0.2) is 0 Å². The van der Waals surface area contributed by atoms with Crippen LogP contribution in [0.3, 0.4) is 0 Å². The van der Waals surface area contributed by atoms with Crippen molar-refractivity contribution in [2.24, 2.45) is 0 Å². The second kappa shape index (κ2) is 5.53. The summed E-state index contributed by atoms with van der Waals surface area (Å²) in [7, 11) is 5.57. The number of hydrogen-bond donors (Lipinski definition) is 0. The Morgan fingerprint density at radius 2 is 2.12 bits per heavy atom. The summed E-state index contributed by atoms with van der Waals surface area (Å²) in [6.45, 7) is 2.73. The molecule has 0 aromatic heterocycles. The largest absolute Gasteiger partial charge is 0.496 e. The van der Waals surface area contributed by atoms with Gasteiger partial charge >= 0.3 is 0 Å². The Morgan fingerprint density at radius 1 is 1.44 bits per heavy atom. The summed E-state index contributed by atoms with van der Waals surface area (Å²) >= 11 is 0. The van der Waals surface area contributed by atoms with Crippen LogP contribution in [0.15, 0.2) is 18.2 Å². The van der Waals surface area contributed by atoms with Crippen LogP contribution in [0.5, 0.6) is 5.75 Å². The molecule has 0 amide bonds. The average molecular weight is 218 g/mol. The zero-order chi connectivity index (χ0) is 12.1. The first-order valence-electron chi connectivity index (χ1n) is 5.27. The molecule has 0 heterocycles. The number of nitriles is 1. The molecule has 0 saturated heterocycles. The van der Waals surface area contributed by atoms with Crippen LogP contribution < -0.4 is 4.74 Å². The minimum atomic E-state index is -0.148. The van der Waals surface area contributed by atoms with E-state index in [0.717, 1.165) is 16.9 Å². The van der Waals surface area contributed by atoms with Crippen LogP contribution in [0.25, 0.3) is 0 Å². The molecule has 0 fully saturated rings. The van der Waals surface area contributed by atoms with Gasteiger partial charge in [-0.05, 0) is 27.1 Å². The number of rotatable bonds is 4. The van der Waals surface area contributed by atoms with E-state index in [1.165, 1.54) is 0 Å². The minimum Gasteiger partial charge on any atom is -0.496 e. The van der Waals surface area contributed by atoms with Crippen LogP contribution in [-0.2, 0) is 0 Å². The zero-order valence-corrected chi connectivity index (χ0v) is 10.3. The molecular formula is C13H18N2O. The highest BCUT2D eigenvalue weighted by atomic mass is 16.5. The summed E-state index contributed by atoms with van der Waals surface area (Å²) in [6, 6.07) is 8.27. The van der Waals surface area contributed by atoms with Crippen molar-refractivity contribution in [1.82, 2.24) is 4.90 Å². The Kier molecular flexibility index (Phi) is 4.33. The van der Waals surface area contributed by atoms with E-state index in [-0.39, 0.29) is 5.92 Å². The SMILES string of the molecule is COc1ccc(C)cc1C(C#N)CN(C)C. The van der Waals surface area contributed by atoms with Crippen molar-refractivity contribution < 1.29 is 4.74 Å². The first-order valence-corrected chi connectivity index (χ1v) is 5.27. The van der Waals surface area contributed by atoms with E-state index < -0.39 is 0 Å². The molecule has 0 spiro atoms. The first kappa shape index (κ1) is 12.5. The Bertz CT molecular complexity index is 393. The van der Waals surface area contributed by atoms with Gasteiger partial charge in [0.2, 0.25) is 0 Å². The third-order valence-corrected chi connectivity index (χ3v) is 2.46. The van der Waals surface area contributed by atoms with Gasteiger partial charge in [0.05, 0.1) is 19.1 Å². The molecule has 3 heteroatoms. The summed E-state index contributed by atoms with van der Waals surface area (Å²) in [5.41, 5.74) is 2.12. The van der Waals surface area contributed by atoms with E-state index in [2.05, 4.69) is 6.07 Å². The first-order chi connectivity index (χ1) is 7.58. The fourth-order valence-electron chi connectivity index (χ4n) is 1.70. The van der Waals surface area contributed by atoms with Crippen molar-refractivity contribution in [2.45, 2.75) is 12.8 Å². The van der Waals surface area contributed by atoms with E-state index in [9.17, 15) is 5.26 Å². The second-order valence-electron chi connectivity index (χ2n) is 4.19. The smallest absolute Gasteiger partial charge is 0.123 e. The number of likely N-dealkylation sites (N-methyl/N-ethyl adjacent to an activating group) is 1. The van der Waals surface area contributed by atoms with Gasteiger partial charge in [-0.15, -0.1) is 0 Å². The molecule has 16 heavy (non-hydrogen) atoms. The summed E-state index contributed by atoms with van der Waals surface area (Å²) < 4.78 is 5.30. The van der Waals surface area contributed by atoms with Gasteiger partial charge in [0.25, 0.3) is 0 Å². The van der Waals surface area contributed by atoms with E-state index in [4.69, 9.17) is 4.74 Å². The maximum atomic E-state index is 9.21. The molecule has 0 radical (unpaired) electrons. The zero-order valence-electron chi connectivity index (χ0n) is 10.3. The van der Waals surface area contributed by atoms with Crippen LogP contribution in [0, 0.1) is 18.3 Å². The lowest BCUT2D eigenvalue weighted by atomic mass is 9.97. The highest BCUT2D eigenvalue weighted by Crippen LogP contribution is 2.27. The molecule has 1 atom stereocenters. The second-order valence-corrected chi connectivity index (χ2v) is 4.19. The van der Waals surface area contributed by atoms with Crippen LogP contribution in [-0.4, -0.2) is 32.6 Å². The Hall–Kier alpha value is -1.53. The van der Waals surface area contributed by atoms with Crippen molar-refractivity contribution in [3.8, 4) is 11.8 Å². The molecule has 0 aliphatic heterocycles. The van der Waals surface area contributed by atoms with Gasteiger partial charge in [-0.25, -0.2) is 0 Å². The lowest BCUT2D eigenvalue weighted by Gasteiger charge is -2.18. The van der Waals surface area contributed by atoms with Crippen LogP contribution >= 0.6 is 0 Å². The maximum absolute atomic E-state index is 9.21. The number of aryl methyl sites for hydroxylation is 1. The molecule has 1 aromatic carbocycles. The van der Waals surface area contributed by atoms with Crippen molar-refractivity contribution in [1.29, 1.82) is 5.26 Å². The number of hydrogen-bond acceptors (Lipinski definition) is 3. The molecule has 0 aliphatic rings. The van der Waals surface area contributed by atoms with Crippen molar-refractivity contribution in [2.75, 3.05) is 27.7 Å². The Morgan fingerprint density at radius 3 is 2.62 bits per heavy atom. The summed E-state index contributed by atoms with van der Waals surface area (Å²) in [5, 5.41) is 9.21. The van der Waals surface area contributed by atoms with E-state index in [1.807, 2.05) is 44.1 Å².